The number of non-ortho nitro benzene ring substituents is 1. The van der Waals surface area contributed by atoms with E-state index in [0.29, 0.717) is 23.1 Å². The lowest BCUT2D eigenvalue weighted by molar-refractivity contribution is -0.384. The quantitative estimate of drug-likeness (QED) is 0.298. The van der Waals surface area contributed by atoms with Crippen LogP contribution in [-0.2, 0) is 6.42 Å². The lowest BCUT2D eigenvalue weighted by Crippen LogP contribution is -2.01. The molecule has 0 spiro atoms. The van der Waals surface area contributed by atoms with E-state index in [2.05, 4.69) is 0 Å². The number of carbonyl (C=O) groups is 1. The summed E-state index contributed by atoms with van der Waals surface area (Å²) in [6.45, 7) is 1.97. The number of ketones is 1. The number of nitrogens with zero attached hydrogens (tertiary/aromatic N) is 1. The van der Waals surface area contributed by atoms with Crippen molar-refractivity contribution in [3.05, 3.63) is 109 Å². The van der Waals surface area contributed by atoms with E-state index >= 15 is 0 Å². The van der Waals surface area contributed by atoms with Crippen LogP contribution in [0.4, 0.5) is 5.69 Å². The average molecular weight is 400 g/mol. The maximum Gasteiger partial charge on any atom is 0.272 e. The fraction of sp³-hybridized carbons (Fsp3) is 0.0952. The van der Waals surface area contributed by atoms with Gasteiger partial charge in [0.25, 0.3) is 5.69 Å². The molecule has 0 bridgehead atoms. The molecule has 0 heterocycles. The normalized spacial score (nSPS) is 10.6. The van der Waals surface area contributed by atoms with Crippen LogP contribution < -0.4 is 0 Å². The van der Waals surface area contributed by atoms with Crippen molar-refractivity contribution in [2.45, 2.75) is 13.3 Å². The number of hydrogen-bond donors (Lipinski definition) is 0. The molecule has 0 aliphatic carbocycles. The zero-order chi connectivity index (χ0) is 19.6. The van der Waals surface area contributed by atoms with Gasteiger partial charge in [-0.05, 0) is 18.1 Å². The van der Waals surface area contributed by atoms with E-state index in [4.69, 9.17) is 23.2 Å². The fourth-order valence-corrected chi connectivity index (χ4v) is 3.32. The molecule has 0 saturated heterocycles. The number of halogens is 2. The van der Waals surface area contributed by atoms with Gasteiger partial charge in [0.2, 0.25) is 0 Å². The Morgan fingerprint density at radius 1 is 0.926 bits per heavy atom. The highest BCUT2D eigenvalue weighted by atomic mass is 35.5. The smallest absolute Gasteiger partial charge is 0.272 e. The van der Waals surface area contributed by atoms with Gasteiger partial charge in [-0.15, -0.1) is 0 Å². The molecule has 0 amide bonds. The van der Waals surface area contributed by atoms with Crippen LogP contribution in [0.15, 0.2) is 60.7 Å². The zero-order valence-corrected chi connectivity index (χ0v) is 15.9. The Balaban J connectivity index is 1.81. The summed E-state index contributed by atoms with van der Waals surface area (Å²) in [6.07, 6.45) is 0.411. The predicted molar refractivity (Wildman–Crippen MR) is 107 cm³/mol. The molecular weight excluding hydrogens is 385 g/mol. The number of hydrogen-bond acceptors (Lipinski definition) is 3. The topological polar surface area (TPSA) is 60.2 Å². The summed E-state index contributed by atoms with van der Waals surface area (Å²) in [4.78, 5) is 22.9. The van der Waals surface area contributed by atoms with Crippen LogP contribution in [0.3, 0.4) is 0 Å². The van der Waals surface area contributed by atoms with Crippen molar-refractivity contribution in [2.24, 2.45) is 0 Å². The highest BCUT2D eigenvalue weighted by Gasteiger charge is 2.15. The van der Waals surface area contributed by atoms with Crippen molar-refractivity contribution >= 4 is 34.7 Å². The number of nitro benzene ring substituents is 1. The lowest BCUT2D eigenvalue weighted by Gasteiger charge is -2.08. The molecule has 0 fully saturated rings. The minimum atomic E-state index is -0.535. The van der Waals surface area contributed by atoms with E-state index < -0.39 is 4.92 Å². The molecule has 3 aromatic rings. The third-order valence-corrected chi connectivity index (χ3v) is 4.92. The van der Waals surface area contributed by atoms with E-state index in [0.717, 1.165) is 11.1 Å². The lowest BCUT2D eigenvalue weighted by atomic mass is 9.99. The van der Waals surface area contributed by atoms with Gasteiger partial charge >= 0.3 is 0 Å². The summed E-state index contributed by atoms with van der Waals surface area (Å²) >= 11 is 12.3. The van der Waals surface area contributed by atoms with Crippen LogP contribution in [0.5, 0.6) is 0 Å². The standard InChI is InChI=1S/C21H15Cl2NO3/c1-13-2-6-15(7-3-13)21(25)16-8-4-14(5-9-16)10-18-19(22)11-17(24(26)27)12-20(18)23/h2-9,11-12H,10H2,1H3. The Morgan fingerprint density at radius 3 is 1.89 bits per heavy atom. The molecule has 3 rings (SSSR count). The Labute approximate surface area is 166 Å². The molecule has 0 N–H and O–H groups in total. The van der Waals surface area contributed by atoms with Crippen molar-refractivity contribution < 1.29 is 9.72 Å². The molecule has 0 atom stereocenters. The van der Waals surface area contributed by atoms with E-state index in [1.54, 1.807) is 12.1 Å². The highest BCUT2D eigenvalue weighted by molar-refractivity contribution is 6.36. The second kappa shape index (κ2) is 7.91. The maximum absolute atomic E-state index is 12.5. The number of benzene rings is 3. The van der Waals surface area contributed by atoms with Crippen molar-refractivity contribution in [3.63, 3.8) is 0 Å². The SMILES string of the molecule is Cc1ccc(C(=O)c2ccc(Cc3c(Cl)cc([N+](=O)[O-])cc3Cl)cc2)cc1. The summed E-state index contributed by atoms with van der Waals surface area (Å²) in [7, 11) is 0. The molecule has 0 radical (unpaired) electrons. The summed E-state index contributed by atoms with van der Waals surface area (Å²) in [5, 5.41) is 11.4. The minimum absolute atomic E-state index is 0.0482. The van der Waals surface area contributed by atoms with Gasteiger partial charge in [-0.25, -0.2) is 0 Å². The minimum Gasteiger partial charge on any atom is -0.289 e. The van der Waals surface area contributed by atoms with Gasteiger partial charge in [-0.3, -0.25) is 14.9 Å². The number of rotatable bonds is 5. The second-order valence-electron chi connectivity index (χ2n) is 6.21. The Morgan fingerprint density at radius 2 is 1.41 bits per heavy atom. The Hall–Kier alpha value is -2.69. The molecular formula is C21H15Cl2NO3. The predicted octanol–water partition coefficient (Wildman–Crippen LogP) is 6.03. The first-order valence-electron chi connectivity index (χ1n) is 8.18. The second-order valence-corrected chi connectivity index (χ2v) is 7.03. The van der Waals surface area contributed by atoms with E-state index in [1.807, 2.05) is 43.3 Å². The molecule has 0 unspecified atom stereocenters. The van der Waals surface area contributed by atoms with E-state index in [9.17, 15) is 14.9 Å². The van der Waals surface area contributed by atoms with Crippen molar-refractivity contribution in [3.8, 4) is 0 Å². The number of nitro groups is 1. The molecule has 136 valence electrons. The molecule has 4 nitrogen and oxygen atoms in total. The fourth-order valence-electron chi connectivity index (χ4n) is 2.71. The Bertz CT molecular complexity index is 990. The van der Waals surface area contributed by atoms with Gasteiger partial charge in [-0.1, -0.05) is 77.3 Å². The van der Waals surface area contributed by atoms with Crippen LogP contribution in [-0.4, -0.2) is 10.7 Å². The molecule has 0 aromatic heterocycles. The monoisotopic (exact) mass is 399 g/mol. The first-order valence-corrected chi connectivity index (χ1v) is 8.93. The molecule has 0 aliphatic heterocycles. The number of carbonyl (C=O) groups excluding carboxylic acids is 1. The highest BCUT2D eigenvalue weighted by Crippen LogP contribution is 2.32. The largest absolute Gasteiger partial charge is 0.289 e. The van der Waals surface area contributed by atoms with Crippen LogP contribution in [0.25, 0.3) is 0 Å². The van der Waals surface area contributed by atoms with Crippen LogP contribution in [0, 0.1) is 17.0 Å². The molecule has 0 aliphatic rings. The van der Waals surface area contributed by atoms with E-state index in [1.165, 1.54) is 12.1 Å². The van der Waals surface area contributed by atoms with Crippen molar-refractivity contribution in [2.75, 3.05) is 0 Å². The van der Waals surface area contributed by atoms with Crippen LogP contribution >= 0.6 is 23.2 Å². The third kappa shape index (κ3) is 4.35. The van der Waals surface area contributed by atoms with Gasteiger partial charge in [0.1, 0.15) is 0 Å². The summed E-state index contributed by atoms with van der Waals surface area (Å²) in [6, 6.07) is 17.2. The summed E-state index contributed by atoms with van der Waals surface area (Å²) in [5.41, 5.74) is 3.68. The van der Waals surface area contributed by atoms with Crippen LogP contribution in [0.1, 0.15) is 32.6 Å². The Kier molecular flexibility index (Phi) is 5.59. The first kappa shape index (κ1) is 19.1. The summed E-state index contributed by atoms with van der Waals surface area (Å²) in [5.74, 6) is -0.0482. The molecule has 6 heteroatoms. The van der Waals surface area contributed by atoms with Gasteiger partial charge in [0.05, 0.1) is 15.0 Å². The van der Waals surface area contributed by atoms with Gasteiger partial charge < -0.3 is 0 Å². The molecule has 27 heavy (non-hydrogen) atoms. The number of aryl methyl sites for hydroxylation is 1. The van der Waals surface area contributed by atoms with Gasteiger partial charge in [-0.2, -0.15) is 0 Å². The van der Waals surface area contributed by atoms with Crippen molar-refractivity contribution in [1.29, 1.82) is 0 Å². The first-order chi connectivity index (χ1) is 12.8. The maximum atomic E-state index is 12.5. The zero-order valence-electron chi connectivity index (χ0n) is 14.4. The van der Waals surface area contributed by atoms with Gasteiger partial charge in [0, 0.05) is 29.7 Å². The van der Waals surface area contributed by atoms with Gasteiger partial charge in [0.15, 0.2) is 5.78 Å². The summed E-state index contributed by atoms with van der Waals surface area (Å²) < 4.78 is 0. The molecule has 0 saturated carbocycles. The third-order valence-electron chi connectivity index (χ3n) is 4.25. The van der Waals surface area contributed by atoms with Crippen molar-refractivity contribution in [1.82, 2.24) is 0 Å². The molecule has 3 aromatic carbocycles. The van der Waals surface area contributed by atoms with Crippen LogP contribution in [0.2, 0.25) is 10.0 Å². The van der Waals surface area contributed by atoms with E-state index in [-0.39, 0.29) is 21.5 Å². The average Bonchev–Trinajstić information content (AvgIpc) is 2.65.